The van der Waals surface area contributed by atoms with Crippen LogP contribution in [0.3, 0.4) is 0 Å². The van der Waals surface area contributed by atoms with Gasteiger partial charge in [-0.25, -0.2) is 4.39 Å². The second-order valence-corrected chi connectivity index (χ2v) is 8.16. The lowest BCUT2D eigenvalue weighted by Gasteiger charge is -2.37. The number of carbonyl (C=O) groups is 1. The molecule has 0 unspecified atom stereocenters. The largest absolute Gasteiger partial charge is 0.415 e. The van der Waals surface area contributed by atoms with Crippen molar-refractivity contribution < 1.29 is 27.1 Å². The fourth-order valence-electron chi connectivity index (χ4n) is 3.90. The molecule has 0 amide bonds. The van der Waals surface area contributed by atoms with E-state index in [2.05, 4.69) is 4.99 Å². The van der Waals surface area contributed by atoms with Crippen molar-refractivity contribution in [2.24, 2.45) is 10.9 Å². The van der Waals surface area contributed by atoms with Crippen molar-refractivity contribution in [1.82, 2.24) is 0 Å². The van der Waals surface area contributed by atoms with Gasteiger partial charge in [0, 0.05) is 22.8 Å². The normalized spacial score (nSPS) is 26.7. The average Bonchev–Trinajstić information content (AvgIpc) is 3.09. The number of rotatable bonds is 4. The first-order valence-electron chi connectivity index (χ1n) is 9.04. The van der Waals surface area contributed by atoms with Gasteiger partial charge in [-0.15, -0.1) is 11.8 Å². The van der Waals surface area contributed by atoms with Gasteiger partial charge in [0.2, 0.25) is 0 Å². The third-order valence-electron chi connectivity index (χ3n) is 5.29. The summed E-state index contributed by atoms with van der Waals surface area (Å²) in [6, 6.07) is 14.3. The Kier molecular flexibility index (Phi) is 5.25. The summed E-state index contributed by atoms with van der Waals surface area (Å²) in [5, 5.41) is 0.393. The lowest BCUT2D eigenvalue weighted by atomic mass is 9.78. The van der Waals surface area contributed by atoms with E-state index in [0.717, 1.165) is 11.8 Å². The minimum absolute atomic E-state index is 0.0411. The average molecular weight is 423 g/mol. The van der Waals surface area contributed by atoms with Crippen LogP contribution in [0.5, 0.6) is 0 Å². The van der Waals surface area contributed by atoms with Crippen molar-refractivity contribution in [2.75, 3.05) is 12.4 Å². The maximum atomic E-state index is 14.6. The van der Waals surface area contributed by atoms with Crippen molar-refractivity contribution >= 4 is 22.6 Å². The van der Waals surface area contributed by atoms with Crippen LogP contribution >= 0.6 is 11.8 Å². The molecule has 2 aromatic rings. The van der Waals surface area contributed by atoms with E-state index >= 15 is 0 Å². The summed E-state index contributed by atoms with van der Waals surface area (Å²) in [6.45, 7) is -0.383. The fraction of sp³-hybridized carbons (Fsp3) is 0.333. The molecule has 2 aliphatic rings. The number of nitrogens with zero attached hydrogens (tertiary/aromatic N) is 1. The molecule has 29 heavy (non-hydrogen) atoms. The van der Waals surface area contributed by atoms with Crippen LogP contribution in [0, 0.1) is 11.7 Å². The quantitative estimate of drug-likeness (QED) is 0.512. The zero-order chi connectivity index (χ0) is 20.6. The van der Waals surface area contributed by atoms with E-state index in [1.165, 1.54) is 18.2 Å². The Hall–Kier alpha value is -2.19. The molecule has 2 aliphatic heterocycles. The van der Waals surface area contributed by atoms with Gasteiger partial charge in [-0.2, -0.15) is 13.2 Å². The molecule has 0 radical (unpaired) electrons. The predicted octanol–water partition coefficient (Wildman–Crippen LogP) is 5.02. The summed E-state index contributed by atoms with van der Waals surface area (Å²) < 4.78 is 60.3. The lowest BCUT2D eigenvalue weighted by Crippen LogP contribution is -2.45. The summed E-state index contributed by atoms with van der Waals surface area (Å²) in [7, 11) is 0. The number of Topliss-reactive ketones (excluding diaryl/α,β-unsaturated/α-hetero) is 1. The topological polar surface area (TPSA) is 38.7 Å². The number of halogens is 4. The Bertz CT molecular complexity index is 947. The van der Waals surface area contributed by atoms with Gasteiger partial charge >= 0.3 is 6.18 Å². The number of benzene rings is 2. The number of ketones is 1. The molecular formula is C21H17F4NO2S. The van der Waals surface area contributed by atoms with Crippen LogP contribution < -0.4 is 0 Å². The SMILES string of the molecule is O=C(CC1=N[C@@]2(c3ccccc3F)CO[C@H](C(F)(F)F)[C@H]2CS1)c1ccccc1. The molecule has 0 aliphatic carbocycles. The number of hydrogen-bond donors (Lipinski definition) is 0. The first-order valence-corrected chi connectivity index (χ1v) is 10.0. The van der Waals surface area contributed by atoms with Gasteiger partial charge < -0.3 is 4.74 Å². The Labute approximate surface area is 169 Å². The first-order chi connectivity index (χ1) is 13.8. The van der Waals surface area contributed by atoms with Gasteiger partial charge in [-0.1, -0.05) is 48.5 Å². The van der Waals surface area contributed by atoms with Crippen molar-refractivity contribution in [3.63, 3.8) is 0 Å². The van der Waals surface area contributed by atoms with E-state index in [9.17, 15) is 22.4 Å². The Morgan fingerprint density at radius 3 is 2.52 bits per heavy atom. The van der Waals surface area contributed by atoms with Crippen LogP contribution in [0.4, 0.5) is 17.6 Å². The van der Waals surface area contributed by atoms with Gasteiger partial charge in [0.1, 0.15) is 11.4 Å². The Morgan fingerprint density at radius 1 is 1.14 bits per heavy atom. The zero-order valence-corrected chi connectivity index (χ0v) is 16.0. The van der Waals surface area contributed by atoms with Crippen molar-refractivity contribution in [3.05, 3.63) is 71.5 Å². The van der Waals surface area contributed by atoms with Crippen LogP contribution in [0.15, 0.2) is 59.6 Å². The van der Waals surface area contributed by atoms with E-state index in [1.54, 1.807) is 36.4 Å². The third-order valence-corrected chi connectivity index (χ3v) is 6.38. The summed E-state index contributed by atoms with van der Waals surface area (Å²) >= 11 is 1.11. The van der Waals surface area contributed by atoms with Gasteiger partial charge in [-0.3, -0.25) is 9.79 Å². The third kappa shape index (κ3) is 3.71. The lowest BCUT2D eigenvalue weighted by molar-refractivity contribution is -0.215. The summed E-state index contributed by atoms with van der Waals surface area (Å²) in [4.78, 5) is 17.1. The number of thioether (sulfide) groups is 1. The highest BCUT2D eigenvalue weighted by Crippen LogP contribution is 2.52. The fourth-order valence-corrected chi connectivity index (χ4v) is 5.18. The first kappa shape index (κ1) is 20.1. The molecule has 0 saturated carbocycles. The molecular weight excluding hydrogens is 406 g/mol. The molecule has 1 saturated heterocycles. The number of hydrogen-bond acceptors (Lipinski definition) is 4. The molecule has 4 rings (SSSR count). The van der Waals surface area contributed by atoms with Crippen molar-refractivity contribution in [1.29, 1.82) is 0 Å². The van der Waals surface area contributed by atoms with Gasteiger partial charge in [0.05, 0.1) is 18.1 Å². The molecule has 0 N–H and O–H groups in total. The van der Waals surface area contributed by atoms with E-state index in [0.29, 0.717) is 10.6 Å². The highest BCUT2D eigenvalue weighted by molar-refractivity contribution is 8.14. The highest BCUT2D eigenvalue weighted by atomic mass is 32.2. The van der Waals surface area contributed by atoms with E-state index < -0.39 is 29.6 Å². The molecule has 3 atom stereocenters. The number of alkyl halides is 3. The van der Waals surface area contributed by atoms with E-state index in [1.807, 2.05) is 0 Å². The summed E-state index contributed by atoms with van der Waals surface area (Å²) in [5.41, 5.74) is -0.932. The Balaban J connectivity index is 1.73. The van der Waals surface area contributed by atoms with E-state index in [4.69, 9.17) is 4.74 Å². The zero-order valence-electron chi connectivity index (χ0n) is 15.2. The molecule has 0 spiro atoms. The predicted molar refractivity (Wildman–Crippen MR) is 103 cm³/mol. The van der Waals surface area contributed by atoms with Crippen molar-refractivity contribution in [2.45, 2.75) is 24.2 Å². The second kappa shape index (κ2) is 7.57. The molecule has 2 heterocycles. The van der Waals surface area contributed by atoms with Crippen LogP contribution in [-0.2, 0) is 10.3 Å². The van der Waals surface area contributed by atoms with Crippen LogP contribution in [0.25, 0.3) is 0 Å². The molecule has 2 aromatic carbocycles. The van der Waals surface area contributed by atoms with Gasteiger partial charge in [0.25, 0.3) is 0 Å². The molecule has 8 heteroatoms. The Morgan fingerprint density at radius 2 is 1.83 bits per heavy atom. The minimum atomic E-state index is -4.58. The van der Waals surface area contributed by atoms with Gasteiger partial charge in [-0.05, 0) is 6.07 Å². The molecule has 0 aromatic heterocycles. The number of carbonyl (C=O) groups excluding carboxylic acids is 1. The highest BCUT2D eigenvalue weighted by Gasteiger charge is 2.61. The summed E-state index contributed by atoms with van der Waals surface area (Å²) in [6.07, 6.45) is -6.65. The van der Waals surface area contributed by atoms with Crippen LogP contribution in [-0.4, -0.2) is 35.5 Å². The molecule has 1 fully saturated rings. The molecule has 152 valence electrons. The number of aliphatic imine (C=N–C) groups is 1. The van der Waals surface area contributed by atoms with Gasteiger partial charge in [0.15, 0.2) is 11.9 Å². The maximum Gasteiger partial charge on any atom is 0.415 e. The van der Waals surface area contributed by atoms with Crippen molar-refractivity contribution in [3.8, 4) is 0 Å². The maximum absolute atomic E-state index is 14.6. The summed E-state index contributed by atoms with van der Waals surface area (Å²) in [5.74, 6) is -1.85. The molecule has 0 bridgehead atoms. The monoisotopic (exact) mass is 423 g/mol. The smallest absolute Gasteiger partial charge is 0.365 e. The minimum Gasteiger partial charge on any atom is -0.365 e. The number of ether oxygens (including phenoxy) is 1. The van der Waals surface area contributed by atoms with E-state index in [-0.39, 0.29) is 30.1 Å². The second-order valence-electron chi connectivity index (χ2n) is 7.07. The molecule has 3 nitrogen and oxygen atoms in total. The standard InChI is InChI=1S/C21H17F4NO2S/c22-16-9-5-4-8-14(16)20-12-28-19(21(23,24)25)15(20)11-29-18(26-20)10-17(27)13-6-2-1-3-7-13/h1-9,15,19H,10-12H2/t15-,19+,20-/m1/s1. The van der Waals surface area contributed by atoms with Crippen LogP contribution in [0.1, 0.15) is 22.3 Å². The number of fused-ring (bicyclic) bond motifs is 1. The van der Waals surface area contributed by atoms with Crippen LogP contribution in [0.2, 0.25) is 0 Å².